The minimum Gasteiger partial charge on any atom is -0.494 e. The monoisotopic (exact) mass is 510 g/mol. The summed E-state index contributed by atoms with van der Waals surface area (Å²) in [4.78, 5) is 24.8. The Kier molecular flexibility index (Phi) is 9.71. The molecule has 0 radical (unpaired) electrons. The van der Waals surface area contributed by atoms with Crippen LogP contribution in [-0.4, -0.2) is 37.9 Å². The van der Waals surface area contributed by atoms with Crippen LogP contribution in [0.5, 0.6) is 23.0 Å². The molecule has 3 aromatic carbocycles. The number of rotatable bonds is 11. The molecule has 0 unspecified atom stereocenters. The first kappa shape index (κ1) is 26.6. The highest BCUT2D eigenvalue weighted by molar-refractivity contribution is 6.30. The van der Waals surface area contributed by atoms with Gasteiger partial charge in [-0.2, -0.15) is 5.10 Å². The van der Waals surface area contributed by atoms with Crippen molar-refractivity contribution in [3.05, 3.63) is 82.9 Å². The highest BCUT2D eigenvalue weighted by Gasteiger charge is 2.15. The zero-order chi connectivity index (χ0) is 25.9. The molecule has 0 aliphatic heterocycles. The number of hydrazone groups is 1. The number of nitrogens with one attached hydrogen (secondary N) is 1. The van der Waals surface area contributed by atoms with Gasteiger partial charge < -0.3 is 18.9 Å². The Morgan fingerprint density at radius 2 is 1.81 bits per heavy atom. The van der Waals surface area contributed by atoms with Crippen molar-refractivity contribution in [2.24, 2.45) is 5.10 Å². The van der Waals surface area contributed by atoms with Gasteiger partial charge in [-0.1, -0.05) is 24.6 Å². The van der Waals surface area contributed by atoms with Crippen LogP contribution in [0.15, 0.2) is 71.8 Å². The van der Waals surface area contributed by atoms with Gasteiger partial charge in [0.05, 0.1) is 25.5 Å². The van der Waals surface area contributed by atoms with Crippen LogP contribution in [0.1, 0.15) is 36.2 Å². The number of benzene rings is 3. The van der Waals surface area contributed by atoms with Crippen LogP contribution in [0, 0.1) is 0 Å². The predicted molar refractivity (Wildman–Crippen MR) is 137 cm³/mol. The minimum absolute atomic E-state index is 0.249. The van der Waals surface area contributed by atoms with Crippen LogP contribution >= 0.6 is 11.6 Å². The van der Waals surface area contributed by atoms with Crippen molar-refractivity contribution < 1.29 is 28.5 Å². The van der Waals surface area contributed by atoms with Crippen LogP contribution < -0.4 is 24.4 Å². The zero-order valence-electron chi connectivity index (χ0n) is 20.2. The van der Waals surface area contributed by atoms with Crippen LogP contribution in [0.25, 0.3) is 0 Å². The van der Waals surface area contributed by atoms with Gasteiger partial charge in [0.1, 0.15) is 11.5 Å². The van der Waals surface area contributed by atoms with Gasteiger partial charge in [-0.25, -0.2) is 10.2 Å². The Morgan fingerprint density at radius 3 is 2.50 bits per heavy atom. The van der Waals surface area contributed by atoms with Crippen molar-refractivity contribution in [2.75, 3.05) is 13.7 Å². The summed E-state index contributed by atoms with van der Waals surface area (Å²) in [6, 6.07) is 18.4. The number of ether oxygens (including phenoxy) is 4. The molecule has 0 spiro atoms. The molecule has 0 bridgehead atoms. The third-order valence-electron chi connectivity index (χ3n) is 4.82. The molecular formula is C27H27ClN2O6. The van der Waals surface area contributed by atoms with Crippen molar-refractivity contribution >= 4 is 29.7 Å². The summed E-state index contributed by atoms with van der Waals surface area (Å²) in [6.45, 7) is 4.23. The Bertz CT molecular complexity index is 1210. The number of hydrogen-bond donors (Lipinski definition) is 1. The van der Waals surface area contributed by atoms with E-state index in [-0.39, 0.29) is 5.75 Å². The normalized spacial score (nSPS) is 11.6. The molecule has 9 heteroatoms. The van der Waals surface area contributed by atoms with Crippen LogP contribution in [0.3, 0.4) is 0 Å². The van der Waals surface area contributed by atoms with E-state index in [1.807, 2.05) is 6.92 Å². The number of nitrogens with zero attached hydrogens (tertiary/aromatic N) is 1. The Balaban J connectivity index is 1.57. The summed E-state index contributed by atoms with van der Waals surface area (Å²) in [7, 11) is 1.46. The average Bonchev–Trinajstić information content (AvgIpc) is 2.88. The van der Waals surface area contributed by atoms with Gasteiger partial charge in [-0.3, -0.25) is 4.79 Å². The Hall–Kier alpha value is -4.04. The Morgan fingerprint density at radius 1 is 1.03 bits per heavy atom. The molecule has 1 amide bonds. The van der Waals surface area contributed by atoms with Gasteiger partial charge in [0.2, 0.25) is 0 Å². The van der Waals surface area contributed by atoms with E-state index in [1.54, 1.807) is 73.7 Å². The maximum atomic E-state index is 12.5. The third-order valence-corrected chi connectivity index (χ3v) is 5.05. The molecule has 1 atom stereocenters. The highest BCUT2D eigenvalue weighted by Crippen LogP contribution is 2.28. The van der Waals surface area contributed by atoms with Gasteiger partial charge in [0.15, 0.2) is 17.6 Å². The molecule has 188 valence electrons. The average molecular weight is 511 g/mol. The molecule has 36 heavy (non-hydrogen) atoms. The molecule has 0 aromatic heterocycles. The van der Waals surface area contributed by atoms with Gasteiger partial charge in [-0.05, 0) is 79.6 Å². The first-order chi connectivity index (χ1) is 17.4. The smallest absolute Gasteiger partial charge is 0.343 e. The Labute approximate surface area is 214 Å². The molecule has 1 N–H and O–H groups in total. The number of amides is 1. The molecule has 3 rings (SSSR count). The lowest BCUT2D eigenvalue weighted by molar-refractivity contribution is -0.127. The molecule has 3 aromatic rings. The van der Waals surface area contributed by atoms with E-state index in [0.717, 1.165) is 6.42 Å². The number of methoxy groups -OCH3 is 1. The molecule has 8 nitrogen and oxygen atoms in total. The van der Waals surface area contributed by atoms with E-state index in [1.165, 1.54) is 13.3 Å². The fourth-order valence-corrected chi connectivity index (χ4v) is 3.15. The zero-order valence-corrected chi connectivity index (χ0v) is 21.0. The number of hydrogen-bond acceptors (Lipinski definition) is 7. The maximum absolute atomic E-state index is 12.5. The first-order valence-corrected chi connectivity index (χ1v) is 11.7. The van der Waals surface area contributed by atoms with Crippen LogP contribution in [0.2, 0.25) is 5.02 Å². The van der Waals surface area contributed by atoms with Crippen molar-refractivity contribution in [1.29, 1.82) is 0 Å². The van der Waals surface area contributed by atoms with Crippen LogP contribution in [-0.2, 0) is 4.79 Å². The molecular weight excluding hydrogens is 484 g/mol. The van der Waals surface area contributed by atoms with Gasteiger partial charge in [0.25, 0.3) is 5.91 Å². The number of carbonyl (C=O) groups is 2. The van der Waals surface area contributed by atoms with E-state index in [4.69, 9.17) is 30.5 Å². The summed E-state index contributed by atoms with van der Waals surface area (Å²) in [5.74, 6) is 0.780. The summed E-state index contributed by atoms with van der Waals surface area (Å²) >= 11 is 5.93. The van der Waals surface area contributed by atoms with Crippen molar-refractivity contribution in [2.45, 2.75) is 26.4 Å². The topological polar surface area (TPSA) is 95.5 Å². The number of carbonyl (C=O) groups excluding carboxylic acids is 2. The quantitative estimate of drug-likeness (QED) is 0.163. The largest absolute Gasteiger partial charge is 0.494 e. The number of halogens is 1. The summed E-state index contributed by atoms with van der Waals surface area (Å²) < 4.78 is 21.9. The fraction of sp³-hybridized carbons (Fsp3) is 0.222. The molecule has 0 saturated heterocycles. The summed E-state index contributed by atoms with van der Waals surface area (Å²) in [6.07, 6.45) is 1.55. The first-order valence-electron chi connectivity index (χ1n) is 11.3. The molecule has 0 aliphatic carbocycles. The second-order valence-corrected chi connectivity index (χ2v) is 8.06. The van der Waals surface area contributed by atoms with Gasteiger partial charge >= 0.3 is 5.97 Å². The highest BCUT2D eigenvalue weighted by atomic mass is 35.5. The SMILES string of the molecule is CCCOc1ccc(C(=O)Oc2ccc(/C=N\NC(=O)[C@H](C)Oc3cccc(Cl)c3)cc2OC)cc1. The van der Waals surface area contributed by atoms with E-state index in [0.29, 0.717) is 40.0 Å². The molecule has 0 fully saturated rings. The maximum Gasteiger partial charge on any atom is 0.343 e. The molecule has 0 saturated carbocycles. The molecule has 0 aliphatic rings. The standard InChI is InChI=1S/C27H27ClN2O6/c1-4-14-34-22-11-9-20(10-12-22)27(32)36-24-13-8-19(15-25(24)33-3)17-29-30-26(31)18(2)35-23-7-5-6-21(28)16-23/h5-13,15-18H,4,14H2,1-3H3,(H,30,31)/b29-17-/t18-/m0/s1. The lowest BCUT2D eigenvalue weighted by Gasteiger charge is -2.13. The lowest BCUT2D eigenvalue weighted by Crippen LogP contribution is -2.33. The predicted octanol–water partition coefficient (Wildman–Crippen LogP) is 5.27. The van der Waals surface area contributed by atoms with Crippen molar-refractivity contribution in [3.8, 4) is 23.0 Å². The van der Waals surface area contributed by atoms with Gasteiger partial charge in [-0.15, -0.1) is 0 Å². The lowest BCUT2D eigenvalue weighted by atomic mass is 10.2. The minimum atomic E-state index is -0.788. The van der Waals surface area contributed by atoms with Crippen LogP contribution in [0.4, 0.5) is 0 Å². The van der Waals surface area contributed by atoms with E-state index in [9.17, 15) is 9.59 Å². The third kappa shape index (κ3) is 7.74. The second kappa shape index (κ2) is 13.2. The number of esters is 1. The van der Waals surface area contributed by atoms with Crippen molar-refractivity contribution in [3.63, 3.8) is 0 Å². The summed E-state index contributed by atoms with van der Waals surface area (Å²) in [5.41, 5.74) is 3.42. The van der Waals surface area contributed by atoms with Crippen molar-refractivity contribution in [1.82, 2.24) is 5.43 Å². The summed E-state index contributed by atoms with van der Waals surface area (Å²) in [5, 5.41) is 4.47. The van der Waals surface area contributed by atoms with Gasteiger partial charge in [0, 0.05) is 5.02 Å². The second-order valence-electron chi connectivity index (χ2n) is 7.62. The molecule has 0 heterocycles. The van der Waals surface area contributed by atoms with E-state index >= 15 is 0 Å². The van der Waals surface area contributed by atoms with E-state index in [2.05, 4.69) is 10.5 Å². The van der Waals surface area contributed by atoms with E-state index < -0.39 is 18.0 Å². The fourth-order valence-electron chi connectivity index (χ4n) is 2.97.